The van der Waals surface area contributed by atoms with E-state index in [0.29, 0.717) is 30.8 Å². The van der Waals surface area contributed by atoms with Gasteiger partial charge in [0.2, 0.25) is 15.9 Å². The molecule has 0 spiro atoms. The van der Waals surface area contributed by atoms with E-state index in [4.69, 9.17) is 9.47 Å². The second-order valence-electron chi connectivity index (χ2n) is 8.76. The third-order valence-corrected chi connectivity index (χ3v) is 7.46. The minimum absolute atomic E-state index is 0.0605. The Morgan fingerprint density at radius 1 is 1.26 bits per heavy atom. The largest absolute Gasteiger partial charge is 0.437 e. The molecule has 202 valence electrons. The maximum Gasteiger partial charge on any atom is 0.272 e. The molecule has 0 unspecified atom stereocenters. The Morgan fingerprint density at radius 2 is 2.03 bits per heavy atom. The highest BCUT2D eigenvalue weighted by Crippen LogP contribution is 2.35. The van der Waals surface area contributed by atoms with Crippen molar-refractivity contribution in [1.29, 1.82) is 0 Å². The van der Waals surface area contributed by atoms with Gasteiger partial charge >= 0.3 is 0 Å². The van der Waals surface area contributed by atoms with E-state index in [0.717, 1.165) is 25.0 Å². The number of carbonyl (C=O) groups excluding carboxylic acids is 1. The van der Waals surface area contributed by atoms with Crippen molar-refractivity contribution in [1.82, 2.24) is 19.8 Å². The van der Waals surface area contributed by atoms with Crippen molar-refractivity contribution in [2.75, 3.05) is 19.7 Å². The second kappa shape index (κ2) is 11.7. The summed E-state index contributed by atoms with van der Waals surface area (Å²) in [6, 6.07) is 12.2. The molecule has 0 bridgehead atoms. The number of para-hydroxylation sites is 1. The van der Waals surface area contributed by atoms with E-state index in [-0.39, 0.29) is 30.0 Å². The molecule has 1 aromatic heterocycles. The van der Waals surface area contributed by atoms with Crippen LogP contribution in [0.25, 0.3) is 5.69 Å². The molecule has 3 aromatic rings. The monoisotopic (exact) mass is 543 g/mol. The normalized spacial score (nSPS) is 15.4. The fourth-order valence-electron chi connectivity index (χ4n) is 3.98. The van der Waals surface area contributed by atoms with Crippen LogP contribution in [0.2, 0.25) is 0 Å². The van der Waals surface area contributed by atoms with Gasteiger partial charge < -0.3 is 14.8 Å². The molecule has 1 atom stereocenters. The summed E-state index contributed by atoms with van der Waals surface area (Å²) in [5.41, 5.74) is 0.620. The van der Waals surface area contributed by atoms with Crippen LogP contribution in [0.1, 0.15) is 42.2 Å². The summed E-state index contributed by atoms with van der Waals surface area (Å²) >= 11 is 0. The summed E-state index contributed by atoms with van der Waals surface area (Å²) in [5.74, 6) is -0.483. The van der Waals surface area contributed by atoms with Crippen LogP contribution in [0.5, 0.6) is 11.6 Å². The average molecular weight is 544 g/mol. The molecular formula is C25H29N5O7S. The van der Waals surface area contributed by atoms with E-state index in [2.05, 4.69) is 15.1 Å². The van der Waals surface area contributed by atoms with Gasteiger partial charge in [0, 0.05) is 37.4 Å². The zero-order valence-corrected chi connectivity index (χ0v) is 21.9. The van der Waals surface area contributed by atoms with Crippen LogP contribution in [0.4, 0.5) is 5.69 Å². The van der Waals surface area contributed by atoms with Crippen molar-refractivity contribution >= 4 is 21.6 Å². The molecule has 0 radical (unpaired) electrons. The lowest BCUT2D eigenvalue weighted by Gasteiger charge is -2.14. The molecule has 1 saturated heterocycles. The van der Waals surface area contributed by atoms with Gasteiger partial charge in [0.15, 0.2) is 5.69 Å². The fourth-order valence-corrected chi connectivity index (χ4v) is 5.26. The van der Waals surface area contributed by atoms with Crippen LogP contribution in [0.3, 0.4) is 0 Å². The SMILES string of the molecule is CCCNS(=O)(=O)c1cc([N+](=O)[O-])ccc1Oc1c(C)c(C(=O)NC[C@@H]2CCCO2)nn1-c1ccccc1. The number of aromatic nitrogens is 2. The predicted octanol–water partition coefficient (Wildman–Crippen LogP) is 3.48. The summed E-state index contributed by atoms with van der Waals surface area (Å²) < 4.78 is 41.5. The Morgan fingerprint density at radius 3 is 2.68 bits per heavy atom. The molecule has 0 aliphatic carbocycles. The van der Waals surface area contributed by atoms with Crippen LogP contribution in [-0.4, -0.2) is 54.8 Å². The van der Waals surface area contributed by atoms with Gasteiger partial charge in [0.25, 0.3) is 11.6 Å². The van der Waals surface area contributed by atoms with E-state index in [1.54, 1.807) is 38.1 Å². The predicted molar refractivity (Wildman–Crippen MR) is 138 cm³/mol. The first-order valence-electron chi connectivity index (χ1n) is 12.2. The molecule has 0 saturated carbocycles. The van der Waals surface area contributed by atoms with Crippen LogP contribution in [0, 0.1) is 17.0 Å². The van der Waals surface area contributed by atoms with Gasteiger partial charge in [-0.3, -0.25) is 14.9 Å². The van der Waals surface area contributed by atoms with E-state index < -0.39 is 31.4 Å². The second-order valence-corrected chi connectivity index (χ2v) is 10.5. The molecule has 2 heterocycles. The number of nitro benzene ring substituents is 1. The van der Waals surface area contributed by atoms with E-state index in [9.17, 15) is 23.3 Å². The Balaban J connectivity index is 1.76. The van der Waals surface area contributed by atoms with Crippen LogP contribution < -0.4 is 14.8 Å². The number of nitro groups is 1. The molecule has 1 fully saturated rings. The van der Waals surface area contributed by atoms with Gasteiger partial charge in [-0.25, -0.2) is 13.1 Å². The zero-order valence-electron chi connectivity index (χ0n) is 21.0. The van der Waals surface area contributed by atoms with Gasteiger partial charge in [-0.2, -0.15) is 9.78 Å². The average Bonchev–Trinajstić information content (AvgIpc) is 3.55. The van der Waals surface area contributed by atoms with Crippen molar-refractivity contribution in [3.63, 3.8) is 0 Å². The Hall–Kier alpha value is -3.81. The van der Waals surface area contributed by atoms with Crippen LogP contribution >= 0.6 is 0 Å². The summed E-state index contributed by atoms with van der Waals surface area (Å²) in [7, 11) is -4.15. The lowest BCUT2D eigenvalue weighted by Crippen LogP contribution is -2.32. The molecule has 1 aliphatic heterocycles. The van der Waals surface area contributed by atoms with Gasteiger partial charge in [-0.15, -0.1) is 0 Å². The minimum atomic E-state index is -4.15. The molecule has 2 aromatic carbocycles. The molecule has 1 aliphatic rings. The van der Waals surface area contributed by atoms with Crippen molar-refractivity contribution in [2.45, 2.75) is 44.1 Å². The van der Waals surface area contributed by atoms with E-state index >= 15 is 0 Å². The van der Waals surface area contributed by atoms with E-state index in [1.807, 2.05) is 6.07 Å². The maximum atomic E-state index is 13.1. The van der Waals surface area contributed by atoms with Crippen molar-refractivity contribution < 1.29 is 27.6 Å². The Bertz CT molecular complexity index is 1420. The molecule has 13 heteroatoms. The van der Waals surface area contributed by atoms with Gasteiger partial charge in [0.1, 0.15) is 10.6 Å². The third-order valence-electron chi connectivity index (χ3n) is 5.97. The number of rotatable bonds is 11. The van der Waals surface area contributed by atoms with Gasteiger partial charge in [-0.1, -0.05) is 25.1 Å². The lowest BCUT2D eigenvalue weighted by atomic mass is 10.2. The summed E-state index contributed by atoms with van der Waals surface area (Å²) in [6.45, 7) is 4.56. The van der Waals surface area contributed by atoms with Crippen molar-refractivity contribution in [3.05, 3.63) is 69.9 Å². The number of carbonyl (C=O) groups is 1. The Kier molecular flexibility index (Phi) is 8.39. The number of ether oxygens (including phenoxy) is 2. The highest BCUT2D eigenvalue weighted by molar-refractivity contribution is 7.89. The smallest absolute Gasteiger partial charge is 0.272 e. The number of non-ortho nitro benzene ring substituents is 1. The minimum Gasteiger partial charge on any atom is -0.437 e. The number of hydrogen-bond donors (Lipinski definition) is 2. The maximum absolute atomic E-state index is 13.1. The highest BCUT2D eigenvalue weighted by atomic mass is 32.2. The van der Waals surface area contributed by atoms with Crippen molar-refractivity contribution in [2.24, 2.45) is 0 Å². The molecule has 12 nitrogen and oxygen atoms in total. The van der Waals surface area contributed by atoms with E-state index in [1.165, 1.54) is 10.7 Å². The first-order valence-corrected chi connectivity index (χ1v) is 13.7. The number of amides is 1. The third kappa shape index (κ3) is 6.01. The quantitative estimate of drug-likeness (QED) is 0.275. The Labute approximate surface area is 220 Å². The standard InChI is InChI=1S/C25H29N5O7S/c1-3-13-27-38(34,35)22-15-19(30(32)33)11-12-21(22)37-25-17(2)23(24(31)26-16-20-10-7-14-36-20)28-29(25)18-8-5-4-6-9-18/h4-6,8-9,11-12,15,20,27H,3,7,10,13-14,16H2,1-2H3,(H,26,31)/t20-/m0/s1. The highest BCUT2D eigenvalue weighted by Gasteiger charge is 2.28. The summed E-state index contributed by atoms with van der Waals surface area (Å²) in [4.78, 5) is 23.4. The molecule has 4 rings (SSSR count). The molecular weight excluding hydrogens is 514 g/mol. The van der Waals surface area contributed by atoms with Gasteiger partial charge in [0.05, 0.1) is 16.7 Å². The fraction of sp³-hybridized carbons (Fsp3) is 0.360. The zero-order chi connectivity index (χ0) is 27.3. The number of benzene rings is 2. The lowest BCUT2D eigenvalue weighted by molar-refractivity contribution is -0.385. The molecule has 38 heavy (non-hydrogen) atoms. The summed E-state index contributed by atoms with van der Waals surface area (Å²) in [5, 5.41) is 18.7. The van der Waals surface area contributed by atoms with Gasteiger partial charge in [-0.05, 0) is 44.4 Å². The molecule has 2 N–H and O–H groups in total. The first kappa shape index (κ1) is 27.2. The number of hydrogen-bond acceptors (Lipinski definition) is 8. The number of nitrogens with one attached hydrogen (secondary N) is 2. The van der Waals surface area contributed by atoms with Crippen LogP contribution in [-0.2, 0) is 14.8 Å². The topological polar surface area (TPSA) is 155 Å². The summed E-state index contributed by atoms with van der Waals surface area (Å²) in [6.07, 6.45) is 2.26. The van der Waals surface area contributed by atoms with Crippen LogP contribution in [0.15, 0.2) is 53.4 Å². The number of nitrogens with zero attached hydrogens (tertiary/aromatic N) is 3. The molecule has 1 amide bonds. The first-order chi connectivity index (χ1) is 18.2. The van der Waals surface area contributed by atoms with Crippen molar-refractivity contribution in [3.8, 4) is 17.3 Å². The number of sulfonamides is 1.